The van der Waals surface area contributed by atoms with Crippen LogP contribution in [0.2, 0.25) is 0 Å². The molecule has 0 aromatic carbocycles. The number of rotatable bonds is 53. The lowest BCUT2D eigenvalue weighted by Gasteiger charge is -2.18. The smallest absolute Gasteiger partial charge is 0.306 e. The molecule has 0 aliphatic carbocycles. The normalized spacial score (nSPS) is 13.2. The second-order valence-corrected chi connectivity index (χ2v) is 19.5. The monoisotopic (exact) mass is 1030 g/mol. The fourth-order valence-corrected chi connectivity index (χ4v) is 7.82. The van der Waals surface area contributed by atoms with Crippen molar-refractivity contribution in [2.75, 3.05) is 13.2 Å². The van der Waals surface area contributed by atoms with Crippen LogP contribution in [-0.4, -0.2) is 37.2 Å². The van der Waals surface area contributed by atoms with Crippen LogP contribution in [0, 0.1) is 0 Å². The van der Waals surface area contributed by atoms with Crippen molar-refractivity contribution in [3.05, 3.63) is 146 Å². The van der Waals surface area contributed by atoms with Gasteiger partial charge in [0, 0.05) is 19.3 Å². The molecule has 0 aromatic heterocycles. The molecule has 0 aliphatic heterocycles. The highest BCUT2D eigenvalue weighted by atomic mass is 16.6. The standard InChI is InChI=1S/C69H110O6/c1-4-7-10-13-16-19-22-25-28-30-32-34-36-38-41-44-47-50-53-56-59-62-68(71)74-65-66(64-73-67(70)61-58-55-52-49-46-43-40-27-24-21-18-15-12-9-6-3)75-69(72)63-60-57-54-51-48-45-42-39-37-35-33-31-29-26-23-20-17-14-11-8-5-2/h7,9-10,12,16,18-19,21,23,25-28,31-34,37-41,47,50,66H,4-6,8,11,13-15,17,20,22,24,29-30,35-36,42-46,48-49,51-65H2,1-3H3/b10-7-,12-9-,19-16-,21-18-,26-23-,28-25-,33-31-,34-32-,39-37-,40-27-,41-38-,50-47-. The van der Waals surface area contributed by atoms with Gasteiger partial charge in [-0.15, -0.1) is 0 Å². The summed E-state index contributed by atoms with van der Waals surface area (Å²) >= 11 is 0. The Bertz CT molecular complexity index is 1660. The molecule has 0 aliphatic rings. The maximum absolute atomic E-state index is 12.9. The van der Waals surface area contributed by atoms with Crippen molar-refractivity contribution in [3.8, 4) is 0 Å². The lowest BCUT2D eigenvalue weighted by atomic mass is 10.1. The predicted octanol–water partition coefficient (Wildman–Crippen LogP) is 20.8. The summed E-state index contributed by atoms with van der Waals surface area (Å²) in [5.41, 5.74) is 0. The van der Waals surface area contributed by atoms with E-state index in [1.165, 1.54) is 51.4 Å². The van der Waals surface area contributed by atoms with Gasteiger partial charge in [0.2, 0.25) is 0 Å². The molecule has 6 nitrogen and oxygen atoms in total. The molecule has 0 saturated heterocycles. The summed E-state index contributed by atoms with van der Waals surface area (Å²) in [5.74, 6) is -0.989. The second-order valence-electron chi connectivity index (χ2n) is 19.5. The first-order valence-electron chi connectivity index (χ1n) is 30.3. The Kier molecular flexibility index (Phi) is 58.0. The fraction of sp³-hybridized carbons (Fsp3) is 0.609. The molecule has 0 radical (unpaired) electrons. The minimum Gasteiger partial charge on any atom is -0.462 e. The van der Waals surface area contributed by atoms with E-state index >= 15 is 0 Å². The molecule has 0 bridgehead atoms. The van der Waals surface area contributed by atoms with Crippen LogP contribution < -0.4 is 0 Å². The van der Waals surface area contributed by atoms with Gasteiger partial charge in [-0.1, -0.05) is 237 Å². The first-order valence-corrected chi connectivity index (χ1v) is 30.3. The molecule has 0 saturated carbocycles. The Balaban J connectivity index is 4.54. The third-order valence-electron chi connectivity index (χ3n) is 12.3. The van der Waals surface area contributed by atoms with Crippen molar-refractivity contribution in [1.29, 1.82) is 0 Å². The van der Waals surface area contributed by atoms with Crippen LogP contribution in [0.15, 0.2) is 146 Å². The summed E-state index contributed by atoms with van der Waals surface area (Å²) in [5, 5.41) is 0. The Hall–Kier alpha value is -4.71. The number of carbonyl (C=O) groups excluding carboxylic acids is 3. The average molecular weight is 1040 g/mol. The zero-order valence-corrected chi connectivity index (χ0v) is 48.3. The molecular formula is C69H110O6. The number of ether oxygens (including phenoxy) is 3. The Morgan fingerprint density at radius 3 is 0.840 bits per heavy atom. The molecule has 75 heavy (non-hydrogen) atoms. The Morgan fingerprint density at radius 1 is 0.280 bits per heavy atom. The largest absolute Gasteiger partial charge is 0.462 e. The molecule has 0 aromatic rings. The summed E-state index contributed by atoms with van der Waals surface area (Å²) in [7, 11) is 0. The van der Waals surface area contributed by atoms with Gasteiger partial charge in [0.25, 0.3) is 0 Å². The van der Waals surface area contributed by atoms with Crippen LogP contribution in [0.1, 0.15) is 252 Å². The summed E-state index contributed by atoms with van der Waals surface area (Å²) in [6.45, 7) is 6.33. The number of hydrogen-bond acceptors (Lipinski definition) is 6. The minimum absolute atomic E-state index is 0.112. The van der Waals surface area contributed by atoms with E-state index in [4.69, 9.17) is 14.2 Å². The van der Waals surface area contributed by atoms with Crippen molar-refractivity contribution in [2.24, 2.45) is 0 Å². The van der Waals surface area contributed by atoms with Crippen molar-refractivity contribution >= 4 is 17.9 Å². The van der Waals surface area contributed by atoms with E-state index < -0.39 is 6.10 Å². The summed E-state index contributed by atoms with van der Waals surface area (Å²) in [4.78, 5) is 38.3. The highest BCUT2D eigenvalue weighted by Crippen LogP contribution is 2.13. The van der Waals surface area contributed by atoms with Gasteiger partial charge < -0.3 is 14.2 Å². The number of esters is 3. The number of allylic oxidation sites excluding steroid dienone is 24. The third-order valence-corrected chi connectivity index (χ3v) is 12.3. The highest BCUT2D eigenvalue weighted by molar-refractivity contribution is 5.71. The molecule has 6 heteroatoms. The molecule has 1 atom stereocenters. The molecule has 0 amide bonds. The van der Waals surface area contributed by atoms with Crippen LogP contribution in [0.25, 0.3) is 0 Å². The highest BCUT2D eigenvalue weighted by Gasteiger charge is 2.19. The summed E-state index contributed by atoms with van der Waals surface area (Å²) in [6, 6.07) is 0. The zero-order valence-electron chi connectivity index (χ0n) is 48.3. The lowest BCUT2D eigenvalue weighted by molar-refractivity contribution is -0.167. The Morgan fingerprint density at radius 2 is 0.520 bits per heavy atom. The van der Waals surface area contributed by atoms with Gasteiger partial charge in [-0.05, 0) is 141 Å². The van der Waals surface area contributed by atoms with E-state index in [1.54, 1.807) is 0 Å². The quantitative estimate of drug-likeness (QED) is 0.0261. The molecule has 422 valence electrons. The maximum Gasteiger partial charge on any atom is 0.306 e. The molecule has 0 spiro atoms. The maximum atomic E-state index is 12.9. The van der Waals surface area contributed by atoms with E-state index in [1.807, 2.05) is 0 Å². The molecular weight excluding hydrogens is 925 g/mol. The summed E-state index contributed by atoms with van der Waals surface area (Å²) < 4.78 is 16.8. The van der Waals surface area contributed by atoms with Gasteiger partial charge in [-0.2, -0.15) is 0 Å². The molecule has 0 fully saturated rings. The predicted molar refractivity (Wildman–Crippen MR) is 325 cm³/mol. The van der Waals surface area contributed by atoms with Gasteiger partial charge in [-0.3, -0.25) is 14.4 Å². The number of carbonyl (C=O) groups is 3. The molecule has 1 unspecified atom stereocenters. The second kappa shape index (κ2) is 61.8. The first-order chi connectivity index (χ1) is 37.0. The van der Waals surface area contributed by atoms with Gasteiger partial charge >= 0.3 is 17.9 Å². The SMILES string of the molecule is CC/C=C\C/C=C\C/C=C\C/C=C\C/C=C\C/C=C\CCCCC(=O)OCC(COC(=O)CCCCCCC/C=C\C/C=C\C/C=C\CC)OC(=O)CCCCCCCC/C=C\C/C=C\C/C=C\CCCCCCC. The van der Waals surface area contributed by atoms with E-state index in [2.05, 4.69) is 167 Å². The molecule has 0 heterocycles. The minimum atomic E-state index is -0.819. The van der Waals surface area contributed by atoms with Crippen LogP contribution in [-0.2, 0) is 28.6 Å². The average Bonchev–Trinajstić information content (AvgIpc) is 3.41. The third kappa shape index (κ3) is 60.0. The van der Waals surface area contributed by atoms with Crippen LogP contribution >= 0.6 is 0 Å². The molecule has 0 N–H and O–H groups in total. The topological polar surface area (TPSA) is 78.9 Å². The van der Waals surface area contributed by atoms with Crippen molar-refractivity contribution < 1.29 is 28.6 Å². The van der Waals surface area contributed by atoms with Gasteiger partial charge in [-0.25, -0.2) is 0 Å². The van der Waals surface area contributed by atoms with Crippen LogP contribution in [0.5, 0.6) is 0 Å². The molecule has 0 rings (SSSR count). The van der Waals surface area contributed by atoms with E-state index in [9.17, 15) is 14.4 Å². The zero-order chi connectivity index (χ0) is 54.3. The van der Waals surface area contributed by atoms with E-state index in [-0.39, 0.29) is 31.1 Å². The number of unbranched alkanes of at least 4 members (excludes halogenated alkanes) is 18. The first kappa shape index (κ1) is 70.3. The van der Waals surface area contributed by atoms with Crippen molar-refractivity contribution in [3.63, 3.8) is 0 Å². The van der Waals surface area contributed by atoms with Crippen LogP contribution in [0.4, 0.5) is 0 Å². The van der Waals surface area contributed by atoms with Gasteiger partial charge in [0.1, 0.15) is 13.2 Å². The van der Waals surface area contributed by atoms with Crippen molar-refractivity contribution in [2.45, 2.75) is 258 Å². The van der Waals surface area contributed by atoms with Gasteiger partial charge in [0.05, 0.1) is 0 Å². The number of hydrogen-bond donors (Lipinski definition) is 0. The van der Waals surface area contributed by atoms with Crippen molar-refractivity contribution in [1.82, 2.24) is 0 Å². The van der Waals surface area contributed by atoms with E-state index in [0.717, 1.165) is 154 Å². The Labute approximate surface area is 461 Å². The fourth-order valence-electron chi connectivity index (χ4n) is 7.82. The lowest BCUT2D eigenvalue weighted by Crippen LogP contribution is -2.30. The summed E-state index contributed by atoms with van der Waals surface area (Å²) in [6.07, 6.45) is 88.4. The van der Waals surface area contributed by atoms with Gasteiger partial charge in [0.15, 0.2) is 6.10 Å². The van der Waals surface area contributed by atoms with E-state index in [0.29, 0.717) is 25.7 Å². The van der Waals surface area contributed by atoms with Crippen LogP contribution in [0.3, 0.4) is 0 Å².